The van der Waals surface area contributed by atoms with Crippen molar-refractivity contribution >= 4 is 23.7 Å². The van der Waals surface area contributed by atoms with Crippen molar-refractivity contribution < 1.29 is 9.34 Å². The number of aromatic nitrogens is 4. The van der Waals surface area contributed by atoms with Crippen LogP contribution in [0.2, 0.25) is 0 Å². The molecule has 0 saturated heterocycles. The smallest absolute Gasteiger partial charge is 0.397 e. The van der Waals surface area contributed by atoms with E-state index in [9.17, 15) is 10.1 Å². The van der Waals surface area contributed by atoms with Gasteiger partial charge in [0.2, 0.25) is 5.82 Å². The molecule has 0 radical (unpaired) electrons. The monoisotopic (exact) mass is 316 g/mol. The van der Waals surface area contributed by atoms with Gasteiger partial charge in [-0.3, -0.25) is 15.5 Å². The Bertz CT molecular complexity index is 881. The molecule has 0 bridgehead atoms. The van der Waals surface area contributed by atoms with Crippen LogP contribution in [-0.2, 0) is 0 Å². The summed E-state index contributed by atoms with van der Waals surface area (Å²) in [4.78, 5) is 11.8. The van der Waals surface area contributed by atoms with Gasteiger partial charge >= 0.3 is 5.88 Å². The number of nitrogens with zero attached hydrogens (tertiary/aromatic N) is 7. The van der Waals surface area contributed by atoms with E-state index in [1.54, 1.807) is 23.4 Å². The third kappa shape index (κ3) is 2.92. The minimum atomic E-state index is -0.622. The molecule has 0 fully saturated rings. The number of hydrazone groups is 1. The van der Waals surface area contributed by atoms with Gasteiger partial charge in [-0.05, 0) is 18.2 Å². The van der Waals surface area contributed by atoms with E-state index in [0.717, 1.165) is 0 Å². The van der Waals surface area contributed by atoms with Crippen molar-refractivity contribution in [1.82, 2.24) is 24.7 Å². The summed E-state index contributed by atoms with van der Waals surface area (Å²) >= 11 is 0. The van der Waals surface area contributed by atoms with Crippen LogP contribution in [0.1, 0.15) is 0 Å². The summed E-state index contributed by atoms with van der Waals surface area (Å²) in [5.74, 6) is 0.540. The Morgan fingerprint density at radius 2 is 2.17 bits per heavy atom. The van der Waals surface area contributed by atoms with Crippen LogP contribution in [0.15, 0.2) is 33.8 Å². The second kappa shape index (κ2) is 5.71. The lowest BCUT2D eigenvalue weighted by atomic mass is 10.4. The lowest BCUT2D eigenvalue weighted by Crippen LogP contribution is -2.09. The molecule has 0 aliphatic rings. The Morgan fingerprint density at radius 1 is 1.35 bits per heavy atom. The number of fused-ring (bicyclic) bond motifs is 1. The van der Waals surface area contributed by atoms with Gasteiger partial charge in [-0.1, -0.05) is 0 Å². The number of nitro groups is 1. The van der Waals surface area contributed by atoms with Gasteiger partial charge in [0, 0.05) is 14.1 Å². The molecule has 11 heteroatoms. The number of hydrogen-bond acceptors (Lipinski definition) is 8. The van der Waals surface area contributed by atoms with E-state index in [-0.39, 0.29) is 17.5 Å². The van der Waals surface area contributed by atoms with Gasteiger partial charge in [0.05, 0.1) is 6.07 Å². The minimum absolute atomic E-state index is 0.200. The maximum atomic E-state index is 10.7. The Kier molecular flexibility index (Phi) is 3.58. The summed E-state index contributed by atoms with van der Waals surface area (Å²) in [7, 11) is 3.67. The highest BCUT2D eigenvalue weighted by atomic mass is 16.6. The van der Waals surface area contributed by atoms with Crippen molar-refractivity contribution in [2.24, 2.45) is 5.10 Å². The first-order valence-corrected chi connectivity index (χ1v) is 6.47. The Hall–Kier alpha value is -3.50. The Labute approximate surface area is 129 Å². The lowest BCUT2D eigenvalue weighted by molar-refractivity contribution is -0.401. The van der Waals surface area contributed by atoms with Crippen LogP contribution in [0.25, 0.3) is 17.2 Å². The fourth-order valence-corrected chi connectivity index (χ4v) is 1.76. The lowest BCUT2D eigenvalue weighted by Gasteiger charge is -2.03. The van der Waals surface area contributed by atoms with Gasteiger partial charge in [0.15, 0.2) is 17.2 Å². The average molecular weight is 316 g/mol. The van der Waals surface area contributed by atoms with E-state index in [1.165, 1.54) is 16.6 Å². The van der Waals surface area contributed by atoms with Crippen molar-refractivity contribution in [1.29, 1.82) is 0 Å². The molecular weight excluding hydrogens is 304 g/mol. The van der Waals surface area contributed by atoms with Crippen LogP contribution >= 0.6 is 0 Å². The molecular formula is C12H12N8O3. The topological polar surface area (TPSA) is 127 Å². The molecule has 3 heterocycles. The molecule has 0 saturated carbocycles. The van der Waals surface area contributed by atoms with Crippen LogP contribution < -0.4 is 5.43 Å². The average Bonchev–Trinajstić information content (AvgIpc) is 3.12. The van der Waals surface area contributed by atoms with E-state index in [4.69, 9.17) is 4.42 Å². The number of furan rings is 1. The second-order valence-corrected chi connectivity index (χ2v) is 4.73. The number of anilines is 1. The maximum Gasteiger partial charge on any atom is 0.433 e. The molecule has 0 unspecified atom stereocenters. The molecule has 0 amide bonds. The molecule has 0 aliphatic carbocycles. The molecule has 118 valence electrons. The minimum Gasteiger partial charge on any atom is -0.397 e. The first-order chi connectivity index (χ1) is 11.0. The van der Waals surface area contributed by atoms with E-state index in [0.29, 0.717) is 11.5 Å². The normalized spacial score (nSPS) is 11.2. The van der Waals surface area contributed by atoms with Gasteiger partial charge in [-0.2, -0.15) is 9.62 Å². The molecule has 3 aromatic heterocycles. The highest BCUT2D eigenvalue weighted by Gasteiger charge is 2.18. The largest absolute Gasteiger partial charge is 0.433 e. The summed E-state index contributed by atoms with van der Waals surface area (Å²) in [5, 5.41) is 26.9. The van der Waals surface area contributed by atoms with Gasteiger partial charge in [0.1, 0.15) is 11.3 Å². The summed E-state index contributed by atoms with van der Waals surface area (Å²) in [5.41, 5.74) is 3.23. The molecule has 1 N–H and O–H groups in total. The third-order valence-corrected chi connectivity index (χ3v) is 2.72. The van der Waals surface area contributed by atoms with Crippen molar-refractivity contribution in [2.45, 2.75) is 0 Å². The highest BCUT2D eigenvalue weighted by molar-refractivity contribution is 5.57. The molecule has 0 atom stereocenters. The molecule has 11 nitrogen and oxygen atoms in total. The maximum absolute atomic E-state index is 10.7. The third-order valence-electron chi connectivity index (χ3n) is 2.72. The first kappa shape index (κ1) is 14.4. The number of hydrogen-bond donors (Lipinski definition) is 1. The van der Waals surface area contributed by atoms with Gasteiger partial charge < -0.3 is 9.32 Å². The zero-order chi connectivity index (χ0) is 16.4. The number of nitrogens with one attached hydrogen (secondary N) is 1. The molecule has 0 aliphatic heterocycles. The molecule has 0 spiro atoms. The fourth-order valence-electron chi connectivity index (χ4n) is 1.76. The van der Waals surface area contributed by atoms with Crippen molar-refractivity contribution in [3.05, 3.63) is 34.4 Å². The zero-order valence-corrected chi connectivity index (χ0v) is 12.2. The van der Waals surface area contributed by atoms with Crippen LogP contribution in [0.5, 0.6) is 0 Å². The van der Waals surface area contributed by atoms with E-state index in [1.807, 2.05) is 14.1 Å². The highest BCUT2D eigenvalue weighted by Crippen LogP contribution is 2.24. The zero-order valence-electron chi connectivity index (χ0n) is 12.2. The molecule has 3 rings (SSSR count). The van der Waals surface area contributed by atoms with E-state index >= 15 is 0 Å². The van der Waals surface area contributed by atoms with Crippen molar-refractivity contribution in [2.75, 3.05) is 19.5 Å². The fraction of sp³-hybridized carbons (Fsp3) is 0.167. The SMILES string of the molecule is CN(C)C=NNc1ccc2nnc(-c3ccc([N+](=O)[O-])o3)n2n1. The van der Waals surface area contributed by atoms with Gasteiger partial charge in [0.25, 0.3) is 0 Å². The number of rotatable bonds is 5. The van der Waals surface area contributed by atoms with Crippen LogP contribution in [-0.4, -0.2) is 50.1 Å². The summed E-state index contributed by atoms with van der Waals surface area (Å²) in [6, 6.07) is 6.07. The first-order valence-electron chi connectivity index (χ1n) is 6.47. The van der Waals surface area contributed by atoms with Crippen molar-refractivity contribution in [3.63, 3.8) is 0 Å². The summed E-state index contributed by atoms with van der Waals surface area (Å²) in [6.45, 7) is 0. The van der Waals surface area contributed by atoms with E-state index in [2.05, 4.69) is 25.8 Å². The van der Waals surface area contributed by atoms with Gasteiger partial charge in [-0.25, -0.2) is 0 Å². The molecule has 3 aromatic rings. The van der Waals surface area contributed by atoms with Crippen molar-refractivity contribution in [3.8, 4) is 11.6 Å². The predicted molar refractivity (Wildman–Crippen MR) is 80.9 cm³/mol. The summed E-state index contributed by atoms with van der Waals surface area (Å²) in [6.07, 6.45) is 1.58. The van der Waals surface area contributed by atoms with Crippen LogP contribution in [0.3, 0.4) is 0 Å². The Morgan fingerprint density at radius 3 is 2.87 bits per heavy atom. The quantitative estimate of drug-likeness (QED) is 0.322. The molecule has 0 aromatic carbocycles. The van der Waals surface area contributed by atoms with Crippen LogP contribution in [0, 0.1) is 10.1 Å². The molecule has 23 heavy (non-hydrogen) atoms. The van der Waals surface area contributed by atoms with Gasteiger partial charge in [-0.15, -0.1) is 15.3 Å². The predicted octanol–water partition coefficient (Wildman–Crippen LogP) is 1.21. The Balaban J connectivity index is 1.96. The second-order valence-electron chi connectivity index (χ2n) is 4.73. The standard InChI is InChI=1S/C12H12N8O3/c1-18(2)7-13-14-9-4-5-10-15-16-12(19(10)17-9)8-3-6-11(23-8)20(21)22/h3-7H,1-2H3,(H,14,17). The van der Waals surface area contributed by atoms with Crippen LogP contribution in [0.4, 0.5) is 11.7 Å². The summed E-state index contributed by atoms with van der Waals surface area (Å²) < 4.78 is 6.54. The van der Waals surface area contributed by atoms with E-state index < -0.39 is 4.92 Å².